The van der Waals surface area contributed by atoms with Crippen LogP contribution in [-0.4, -0.2) is 9.97 Å². The lowest BCUT2D eigenvalue weighted by atomic mass is 10.2. The number of hydrogen-bond donors (Lipinski definition) is 0. The fraction of sp³-hybridized carbons (Fsp3) is 0.167. The predicted molar refractivity (Wildman–Crippen MR) is 59.8 cm³/mol. The van der Waals surface area contributed by atoms with Crippen LogP contribution in [0.5, 0.6) is 0 Å². The maximum atomic E-state index is 4.31. The Morgan fingerprint density at radius 3 is 2.86 bits per heavy atom. The van der Waals surface area contributed by atoms with E-state index in [4.69, 9.17) is 0 Å². The maximum Gasteiger partial charge on any atom is 0.154 e. The van der Waals surface area contributed by atoms with E-state index in [2.05, 4.69) is 16.5 Å². The summed E-state index contributed by atoms with van der Waals surface area (Å²) in [5, 5.41) is 0. The topological polar surface area (TPSA) is 25.8 Å². The molecule has 0 aromatic carbocycles. The molecule has 72 valence electrons. The van der Waals surface area contributed by atoms with Crippen molar-refractivity contribution in [2.24, 2.45) is 0 Å². The van der Waals surface area contributed by atoms with Gasteiger partial charge in [-0.1, -0.05) is 30.9 Å². The molecule has 0 amide bonds. The van der Waals surface area contributed by atoms with Crippen molar-refractivity contribution in [3.05, 3.63) is 54.7 Å². The number of aromatic nitrogens is 2. The van der Waals surface area contributed by atoms with Gasteiger partial charge in [0.2, 0.25) is 0 Å². The minimum absolute atomic E-state index is 0.777. The Kier molecular flexibility index (Phi) is 3.80. The summed E-state index contributed by atoms with van der Waals surface area (Å²) in [6, 6.07) is 1.89. The highest BCUT2D eigenvalue weighted by Gasteiger charge is 1.96. The standard InChI is InChI=1S/C12H14N2/c1-4-5-6-7-10(2)12-13-9-8-11(3)14-12/h4-9H,1H2,2-3H3/b6-5-,10-7+. The summed E-state index contributed by atoms with van der Waals surface area (Å²) in [7, 11) is 0. The largest absolute Gasteiger partial charge is 0.237 e. The highest BCUT2D eigenvalue weighted by atomic mass is 14.9. The molecule has 0 spiro atoms. The molecule has 0 atom stereocenters. The van der Waals surface area contributed by atoms with Gasteiger partial charge in [0.15, 0.2) is 5.82 Å². The van der Waals surface area contributed by atoms with Crippen LogP contribution in [0, 0.1) is 6.92 Å². The van der Waals surface area contributed by atoms with Crippen molar-refractivity contribution in [3.63, 3.8) is 0 Å². The Morgan fingerprint density at radius 2 is 2.21 bits per heavy atom. The van der Waals surface area contributed by atoms with Gasteiger partial charge in [0.25, 0.3) is 0 Å². The van der Waals surface area contributed by atoms with Crippen molar-refractivity contribution >= 4 is 5.57 Å². The molecule has 0 saturated heterocycles. The molecule has 1 rings (SSSR count). The first-order valence-electron chi connectivity index (χ1n) is 4.50. The third-order valence-corrected chi connectivity index (χ3v) is 1.74. The zero-order valence-corrected chi connectivity index (χ0v) is 8.57. The van der Waals surface area contributed by atoms with Gasteiger partial charge in [-0.05, 0) is 25.5 Å². The van der Waals surface area contributed by atoms with E-state index in [0.717, 1.165) is 17.1 Å². The van der Waals surface area contributed by atoms with Crippen molar-refractivity contribution in [1.29, 1.82) is 0 Å². The third-order valence-electron chi connectivity index (χ3n) is 1.74. The van der Waals surface area contributed by atoms with Gasteiger partial charge in [0, 0.05) is 11.9 Å². The Labute approximate surface area is 84.7 Å². The molecule has 2 heteroatoms. The molecule has 0 aliphatic carbocycles. The molecule has 0 N–H and O–H groups in total. The maximum absolute atomic E-state index is 4.31. The molecule has 0 saturated carbocycles. The van der Waals surface area contributed by atoms with E-state index in [0.29, 0.717) is 0 Å². The van der Waals surface area contributed by atoms with E-state index in [9.17, 15) is 0 Å². The molecule has 0 aliphatic heterocycles. The average molecular weight is 186 g/mol. The van der Waals surface area contributed by atoms with Crippen molar-refractivity contribution < 1.29 is 0 Å². The van der Waals surface area contributed by atoms with Gasteiger partial charge >= 0.3 is 0 Å². The minimum atomic E-state index is 0.777. The second kappa shape index (κ2) is 5.12. The Bertz CT molecular complexity index is 376. The van der Waals surface area contributed by atoms with Crippen LogP contribution < -0.4 is 0 Å². The van der Waals surface area contributed by atoms with Crippen molar-refractivity contribution in [2.75, 3.05) is 0 Å². The lowest BCUT2D eigenvalue weighted by Crippen LogP contribution is -1.92. The van der Waals surface area contributed by atoms with Gasteiger partial charge < -0.3 is 0 Å². The van der Waals surface area contributed by atoms with Gasteiger partial charge in [-0.3, -0.25) is 0 Å². The zero-order chi connectivity index (χ0) is 10.4. The highest BCUT2D eigenvalue weighted by Crippen LogP contribution is 2.07. The number of nitrogens with zero attached hydrogens (tertiary/aromatic N) is 2. The average Bonchev–Trinajstić information content (AvgIpc) is 2.18. The Balaban J connectivity index is 2.88. The lowest BCUT2D eigenvalue weighted by Gasteiger charge is -1.98. The molecule has 2 nitrogen and oxygen atoms in total. The van der Waals surface area contributed by atoms with Gasteiger partial charge in [-0.2, -0.15) is 0 Å². The van der Waals surface area contributed by atoms with Crippen LogP contribution in [0.3, 0.4) is 0 Å². The SMILES string of the molecule is C=C/C=C\C=C(/C)c1nccc(C)n1. The molecular formula is C12H14N2. The summed E-state index contributed by atoms with van der Waals surface area (Å²) in [6.45, 7) is 7.54. The molecule has 0 bridgehead atoms. The molecule has 0 aliphatic rings. The normalized spacial score (nSPS) is 12.0. The van der Waals surface area contributed by atoms with Crippen LogP contribution in [0.2, 0.25) is 0 Å². The van der Waals surface area contributed by atoms with E-state index in [-0.39, 0.29) is 0 Å². The first kappa shape index (κ1) is 10.4. The third kappa shape index (κ3) is 2.98. The summed E-state index contributed by atoms with van der Waals surface area (Å²) < 4.78 is 0. The first-order chi connectivity index (χ1) is 6.74. The van der Waals surface area contributed by atoms with E-state index >= 15 is 0 Å². The monoisotopic (exact) mass is 186 g/mol. The van der Waals surface area contributed by atoms with Crippen LogP contribution in [0.4, 0.5) is 0 Å². The second-order valence-corrected chi connectivity index (χ2v) is 2.99. The molecule has 1 aromatic rings. The molecule has 14 heavy (non-hydrogen) atoms. The summed E-state index contributed by atoms with van der Waals surface area (Å²) in [4.78, 5) is 8.49. The second-order valence-electron chi connectivity index (χ2n) is 2.99. The zero-order valence-electron chi connectivity index (χ0n) is 8.57. The Hall–Kier alpha value is -1.70. The summed E-state index contributed by atoms with van der Waals surface area (Å²) in [5.74, 6) is 0.777. The van der Waals surface area contributed by atoms with Crippen LogP contribution in [-0.2, 0) is 0 Å². The summed E-state index contributed by atoms with van der Waals surface area (Å²) in [5.41, 5.74) is 2.03. The van der Waals surface area contributed by atoms with E-state index < -0.39 is 0 Å². The minimum Gasteiger partial charge on any atom is -0.237 e. The number of allylic oxidation sites excluding steroid dienone is 5. The van der Waals surface area contributed by atoms with E-state index in [1.54, 1.807) is 12.3 Å². The quantitative estimate of drug-likeness (QED) is 0.678. The molecule has 0 unspecified atom stereocenters. The number of aryl methyl sites for hydroxylation is 1. The number of hydrogen-bond acceptors (Lipinski definition) is 2. The van der Waals surface area contributed by atoms with Gasteiger partial charge in [0.1, 0.15) is 0 Å². The fourth-order valence-electron chi connectivity index (χ4n) is 0.992. The lowest BCUT2D eigenvalue weighted by molar-refractivity contribution is 1.06. The first-order valence-corrected chi connectivity index (χ1v) is 4.50. The van der Waals surface area contributed by atoms with Gasteiger partial charge in [-0.15, -0.1) is 0 Å². The van der Waals surface area contributed by atoms with Gasteiger partial charge in [-0.25, -0.2) is 9.97 Å². The van der Waals surface area contributed by atoms with Crippen molar-refractivity contribution in [3.8, 4) is 0 Å². The molecule has 1 heterocycles. The van der Waals surface area contributed by atoms with Crippen LogP contribution in [0.25, 0.3) is 5.57 Å². The van der Waals surface area contributed by atoms with E-state index in [1.807, 2.05) is 38.1 Å². The summed E-state index contributed by atoms with van der Waals surface area (Å²) >= 11 is 0. The fourth-order valence-corrected chi connectivity index (χ4v) is 0.992. The molecule has 1 aromatic heterocycles. The van der Waals surface area contributed by atoms with E-state index in [1.165, 1.54) is 0 Å². The smallest absolute Gasteiger partial charge is 0.154 e. The highest BCUT2D eigenvalue weighted by molar-refractivity contribution is 5.59. The Morgan fingerprint density at radius 1 is 1.43 bits per heavy atom. The molecule has 0 radical (unpaired) electrons. The van der Waals surface area contributed by atoms with Crippen molar-refractivity contribution in [1.82, 2.24) is 9.97 Å². The van der Waals surface area contributed by atoms with Gasteiger partial charge in [0.05, 0.1) is 0 Å². The number of rotatable bonds is 3. The summed E-state index contributed by atoms with van der Waals surface area (Å²) in [6.07, 6.45) is 9.27. The predicted octanol–water partition coefficient (Wildman–Crippen LogP) is 2.93. The molecular weight excluding hydrogens is 172 g/mol. The van der Waals surface area contributed by atoms with Crippen LogP contribution in [0.1, 0.15) is 18.4 Å². The van der Waals surface area contributed by atoms with Crippen LogP contribution in [0.15, 0.2) is 43.1 Å². The van der Waals surface area contributed by atoms with Crippen molar-refractivity contribution in [2.45, 2.75) is 13.8 Å². The van der Waals surface area contributed by atoms with Crippen LogP contribution >= 0.6 is 0 Å². The molecule has 0 fully saturated rings.